The van der Waals surface area contributed by atoms with Crippen LogP contribution in [0.3, 0.4) is 0 Å². The molecule has 0 aromatic carbocycles. The summed E-state index contributed by atoms with van der Waals surface area (Å²) in [6.07, 6.45) is 10.9. The average Bonchev–Trinajstić information content (AvgIpc) is 2.39. The van der Waals surface area contributed by atoms with E-state index in [1.165, 1.54) is 58.2 Å². The molecule has 2 N–H and O–H groups in total. The van der Waals surface area contributed by atoms with Gasteiger partial charge in [-0.3, -0.25) is 0 Å². The molecule has 3 aliphatic rings. The lowest BCUT2D eigenvalue weighted by Crippen LogP contribution is -2.50. The van der Waals surface area contributed by atoms with Crippen LogP contribution in [0, 0.1) is 5.92 Å². The van der Waals surface area contributed by atoms with E-state index in [0.29, 0.717) is 0 Å². The Morgan fingerprint density at radius 3 is 1.78 bits per heavy atom. The zero-order valence-corrected chi connectivity index (χ0v) is 11.7. The largest absolute Gasteiger partial charge is 0.393 e. The zero-order valence-electron chi connectivity index (χ0n) is 11.7. The minimum Gasteiger partial charge on any atom is -0.393 e. The van der Waals surface area contributed by atoms with Crippen molar-refractivity contribution in [3.8, 4) is 0 Å². The van der Waals surface area contributed by atoms with Crippen molar-refractivity contribution in [2.75, 3.05) is 32.7 Å². The van der Waals surface area contributed by atoms with Gasteiger partial charge in [-0.1, -0.05) is 38.5 Å². The summed E-state index contributed by atoms with van der Waals surface area (Å²) in [5.74, 6) is 0.875. The molecule has 0 bridgehead atoms. The van der Waals surface area contributed by atoms with Gasteiger partial charge in [-0.05, 0) is 18.8 Å². The van der Waals surface area contributed by atoms with E-state index in [0.717, 1.165) is 31.8 Å². The minimum absolute atomic E-state index is 0.0271. The SMILES string of the molecule is C1CCCCC1.OC1CCN(CC2CNC2)CC1. The summed E-state index contributed by atoms with van der Waals surface area (Å²) in [5, 5.41) is 12.6. The van der Waals surface area contributed by atoms with E-state index in [2.05, 4.69) is 10.2 Å². The highest BCUT2D eigenvalue weighted by Gasteiger charge is 2.23. The van der Waals surface area contributed by atoms with Crippen molar-refractivity contribution < 1.29 is 5.11 Å². The van der Waals surface area contributed by atoms with Gasteiger partial charge in [0.25, 0.3) is 0 Å². The lowest BCUT2D eigenvalue weighted by molar-refractivity contribution is 0.0694. The summed E-state index contributed by atoms with van der Waals surface area (Å²) >= 11 is 0. The van der Waals surface area contributed by atoms with E-state index in [1.54, 1.807) is 0 Å². The Morgan fingerprint density at radius 1 is 0.889 bits per heavy atom. The summed E-state index contributed by atoms with van der Waals surface area (Å²) in [7, 11) is 0. The van der Waals surface area contributed by atoms with Crippen molar-refractivity contribution in [1.82, 2.24) is 10.2 Å². The second-order valence-corrected chi connectivity index (χ2v) is 6.18. The molecule has 3 rings (SSSR count). The van der Waals surface area contributed by atoms with Crippen molar-refractivity contribution >= 4 is 0 Å². The molecule has 0 radical (unpaired) electrons. The maximum absolute atomic E-state index is 9.29. The van der Waals surface area contributed by atoms with Gasteiger partial charge >= 0.3 is 0 Å². The lowest BCUT2D eigenvalue weighted by Gasteiger charge is -2.36. The van der Waals surface area contributed by atoms with Crippen LogP contribution in [0.5, 0.6) is 0 Å². The molecule has 3 fully saturated rings. The van der Waals surface area contributed by atoms with E-state index in [4.69, 9.17) is 0 Å². The predicted octanol–water partition coefficient (Wildman–Crippen LogP) is 2.00. The van der Waals surface area contributed by atoms with Gasteiger partial charge in [-0.25, -0.2) is 0 Å². The van der Waals surface area contributed by atoms with Gasteiger partial charge in [-0.2, -0.15) is 0 Å². The molecule has 0 spiro atoms. The zero-order chi connectivity index (χ0) is 12.6. The number of aliphatic hydroxyl groups excluding tert-OH is 1. The Hall–Kier alpha value is -0.120. The van der Waals surface area contributed by atoms with Gasteiger partial charge in [0, 0.05) is 32.7 Å². The highest BCUT2D eigenvalue weighted by atomic mass is 16.3. The van der Waals surface area contributed by atoms with Crippen LogP contribution in [0.15, 0.2) is 0 Å². The Balaban J connectivity index is 0.000000169. The monoisotopic (exact) mass is 254 g/mol. The third kappa shape index (κ3) is 5.25. The van der Waals surface area contributed by atoms with E-state index in [-0.39, 0.29) is 6.10 Å². The average molecular weight is 254 g/mol. The van der Waals surface area contributed by atoms with Gasteiger partial charge in [0.15, 0.2) is 0 Å². The van der Waals surface area contributed by atoms with Crippen molar-refractivity contribution in [2.24, 2.45) is 5.92 Å². The van der Waals surface area contributed by atoms with Crippen LogP contribution in [-0.2, 0) is 0 Å². The van der Waals surface area contributed by atoms with Crippen LogP contribution >= 0.6 is 0 Å². The highest BCUT2D eigenvalue weighted by Crippen LogP contribution is 2.15. The second kappa shape index (κ2) is 8.13. The number of rotatable bonds is 2. The van der Waals surface area contributed by atoms with Crippen molar-refractivity contribution in [3.05, 3.63) is 0 Å². The summed E-state index contributed by atoms with van der Waals surface area (Å²) < 4.78 is 0. The van der Waals surface area contributed by atoms with Crippen molar-refractivity contribution in [2.45, 2.75) is 57.5 Å². The number of hydrogen-bond acceptors (Lipinski definition) is 3. The summed E-state index contributed by atoms with van der Waals surface area (Å²) in [5.41, 5.74) is 0. The second-order valence-electron chi connectivity index (χ2n) is 6.18. The molecule has 0 aromatic heterocycles. The number of likely N-dealkylation sites (tertiary alicyclic amines) is 1. The number of nitrogens with zero attached hydrogens (tertiary/aromatic N) is 1. The molecule has 0 unspecified atom stereocenters. The van der Waals surface area contributed by atoms with Gasteiger partial charge in [0.05, 0.1) is 6.10 Å². The first-order valence-corrected chi connectivity index (χ1v) is 7.96. The number of piperidine rings is 1. The van der Waals surface area contributed by atoms with Crippen LogP contribution in [0.2, 0.25) is 0 Å². The molecular formula is C15H30N2O. The molecule has 106 valence electrons. The number of nitrogens with one attached hydrogen (secondary N) is 1. The fourth-order valence-corrected chi connectivity index (χ4v) is 3.01. The molecule has 18 heavy (non-hydrogen) atoms. The summed E-state index contributed by atoms with van der Waals surface area (Å²) in [6, 6.07) is 0. The first kappa shape index (κ1) is 14.3. The molecule has 2 aliphatic heterocycles. The van der Waals surface area contributed by atoms with Crippen LogP contribution in [0.25, 0.3) is 0 Å². The van der Waals surface area contributed by atoms with E-state index in [1.807, 2.05) is 0 Å². The number of aliphatic hydroxyl groups is 1. The van der Waals surface area contributed by atoms with E-state index >= 15 is 0 Å². The Labute approximate surface area is 112 Å². The van der Waals surface area contributed by atoms with Crippen LogP contribution in [0.4, 0.5) is 0 Å². The normalized spacial score (nSPS) is 27.2. The Kier molecular flexibility index (Phi) is 6.46. The molecule has 1 aliphatic carbocycles. The number of hydrogen-bond donors (Lipinski definition) is 2. The van der Waals surface area contributed by atoms with Gasteiger partial charge in [0.2, 0.25) is 0 Å². The molecule has 0 aromatic rings. The van der Waals surface area contributed by atoms with Crippen molar-refractivity contribution in [3.63, 3.8) is 0 Å². The molecule has 3 heteroatoms. The smallest absolute Gasteiger partial charge is 0.0564 e. The lowest BCUT2D eigenvalue weighted by atomic mass is 10.0. The highest BCUT2D eigenvalue weighted by molar-refractivity contribution is 4.80. The third-order valence-corrected chi connectivity index (χ3v) is 4.44. The molecular weight excluding hydrogens is 224 g/mol. The summed E-state index contributed by atoms with van der Waals surface area (Å²) in [6.45, 7) is 5.81. The minimum atomic E-state index is -0.0271. The maximum atomic E-state index is 9.29. The fourth-order valence-electron chi connectivity index (χ4n) is 3.01. The Bertz CT molecular complexity index is 195. The molecule has 3 nitrogen and oxygen atoms in total. The van der Waals surface area contributed by atoms with Crippen molar-refractivity contribution in [1.29, 1.82) is 0 Å². The van der Waals surface area contributed by atoms with E-state index < -0.39 is 0 Å². The van der Waals surface area contributed by atoms with Gasteiger partial charge < -0.3 is 15.3 Å². The standard InChI is InChI=1S/C9H18N2O.C6H12/c12-9-1-3-11(4-2-9)7-8-5-10-6-8;1-2-4-6-5-3-1/h8-10,12H,1-7H2;1-6H2. The quantitative estimate of drug-likeness (QED) is 0.791. The van der Waals surface area contributed by atoms with Gasteiger partial charge in [0.1, 0.15) is 0 Å². The molecule has 0 atom stereocenters. The molecule has 2 heterocycles. The molecule has 1 saturated carbocycles. The Morgan fingerprint density at radius 2 is 1.39 bits per heavy atom. The maximum Gasteiger partial charge on any atom is 0.0564 e. The van der Waals surface area contributed by atoms with Crippen LogP contribution < -0.4 is 5.32 Å². The first-order chi connectivity index (χ1) is 8.84. The van der Waals surface area contributed by atoms with Gasteiger partial charge in [-0.15, -0.1) is 0 Å². The van der Waals surface area contributed by atoms with E-state index in [9.17, 15) is 5.11 Å². The molecule has 0 amide bonds. The first-order valence-electron chi connectivity index (χ1n) is 7.96. The third-order valence-electron chi connectivity index (χ3n) is 4.44. The molecule has 2 saturated heterocycles. The van der Waals surface area contributed by atoms with Crippen LogP contribution in [-0.4, -0.2) is 48.8 Å². The predicted molar refractivity (Wildman–Crippen MR) is 75.7 cm³/mol. The van der Waals surface area contributed by atoms with Crippen LogP contribution in [0.1, 0.15) is 51.4 Å². The summed E-state index contributed by atoms with van der Waals surface area (Å²) in [4.78, 5) is 2.48. The fraction of sp³-hybridized carbons (Fsp3) is 1.00. The topological polar surface area (TPSA) is 35.5 Å².